The van der Waals surface area contributed by atoms with Crippen molar-refractivity contribution in [2.75, 3.05) is 10.6 Å². The van der Waals surface area contributed by atoms with Gasteiger partial charge in [0.25, 0.3) is 11.5 Å². The zero-order valence-electron chi connectivity index (χ0n) is 17.8. The molecule has 0 aliphatic rings. The van der Waals surface area contributed by atoms with Gasteiger partial charge >= 0.3 is 0 Å². The van der Waals surface area contributed by atoms with Gasteiger partial charge in [-0.15, -0.1) is 0 Å². The molecule has 2 N–H and O–H groups in total. The Morgan fingerprint density at radius 1 is 0.933 bits per heavy atom. The quantitative estimate of drug-likeness (QED) is 0.692. The van der Waals surface area contributed by atoms with Gasteiger partial charge in [-0.3, -0.25) is 19.1 Å². The summed E-state index contributed by atoms with van der Waals surface area (Å²) in [5.74, 6) is -0.572. The monoisotopic (exact) mass is 406 g/mol. The van der Waals surface area contributed by atoms with E-state index in [1.807, 2.05) is 51.1 Å². The van der Waals surface area contributed by atoms with E-state index in [1.54, 1.807) is 42.9 Å². The van der Waals surface area contributed by atoms with Crippen molar-refractivity contribution in [3.63, 3.8) is 0 Å². The van der Waals surface area contributed by atoms with E-state index < -0.39 is 11.3 Å². The van der Waals surface area contributed by atoms with Crippen LogP contribution in [-0.2, 0) is 11.8 Å². The van der Waals surface area contributed by atoms with Gasteiger partial charge in [-0.25, -0.2) is 4.68 Å². The number of carbonyl (C=O) groups is 2. The Kier molecular flexibility index (Phi) is 5.64. The topological polar surface area (TPSA) is 85.1 Å². The lowest BCUT2D eigenvalue weighted by atomic mass is 9.95. The number of anilines is 2. The number of nitrogens with zero attached hydrogens (tertiary/aromatic N) is 2. The number of amides is 2. The van der Waals surface area contributed by atoms with E-state index in [9.17, 15) is 14.4 Å². The van der Waals surface area contributed by atoms with Crippen LogP contribution in [0.4, 0.5) is 11.4 Å². The molecule has 3 aromatic rings. The fraction of sp³-hybridized carbons (Fsp3) is 0.261. The molecule has 0 fully saturated rings. The summed E-state index contributed by atoms with van der Waals surface area (Å²) < 4.78 is 3.21. The highest BCUT2D eigenvalue weighted by molar-refractivity contribution is 6.05. The fourth-order valence-corrected chi connectivity index (χ4v) is 2.95. The molecule has 0 atom stereocenters. The van der Waals surface area contributed by atoms with Gasteiger partial charge in [0.2, 0.25) is 5.91 Å². The molecule has 0 spiro atoms. The third kappa shape index (κ3) is 4.20. The average molecular weight is 406 g/mol. The third-order valence-electron chi connectivity index (χ3n) is 4.86. The molecular weight excluding hydrogens is 380 g/mol. The molecule has 0 radical (unpaired) electrons. The van der Waals surface area contributed by atoms with Crippen LogP contribution in [-0.4, -0.2) is 21.2 Å². The Balaban J connectivity index is 1.88. The van der Waals surface area contributed by atoms with Gasteiger partial charge in [-0.1, -0.05) is 45.0 Å². The molecule has 7 heteroatoms. The van der Waals surface area contributed by atoms with Gasteiger partial charge in [0.05, 0.1) is 11.4 Å². The minimum Gasteiger partial charge on any atom is -0.326 e. The maximum atomic E-state index is 13.0. The summed E-state index contributed by atoms with van der Waals surface area (Å²) in [4.78, 5) is 38.0. The molecule has 0 unspecified atom stereocenters. The Morgan fingerprint density at radius 3 is 2.23 bits per heavy atom. The molecule has 0 bridgehead atoms. The first-order valence-corrected chi connectivity index (χ1v) is 9.66. The second-order valence-corrected chi connectivity index (χ2v) is 8.18. The SMILES string of the molecule is Cc1c(NC(=O)c2cccc(NC(=O)C(C)(C)C)c2)c(=O)n(-c2ccccc2)n1C. The minimum absolute atomic E-state index is 0.148. The number of para-hydroxylation sites is 1. The van der Waals surface area contributed by atoms with Crippen LogP contribution in [0.1, 0.15) is 36.8 Å². The first-order valence-electron chi connectivity index (χ1n) is 9.66. The lowest BCUT2D eigenvalue weighted by Gasteiger charge is -2.17. The maximum Gasteiger partial charge on any atom is 0.295 e. The summed E-state index contributed by atoms with van der Waals surface area (Å²) in [5.41, 5.74) is 1.56. The van der Waals surface area contributed by atoms with Crippen molar-refractivity contribution in [2.45, 2.75) is 27.7 Å². The van der Waals surface area contributed by atoms with Crippen LogP contribution in [0.25, 0.3) is 5.69 Å². The van der Waals surface area contributed by atoms with Crippen LogP contribution < -0.4 is 16.2 Å². The fourth-order valence-electron chi connectivity index (χ4n) is 2.95. The highest BCUT2D eigenvalue weighted by Gasteiger charge is 2.22. The Hall–Kier alpha value is -3.61. The number of nitrogens with one attached hydrogen (secondary N) is 2. The number of aromatic nitrogens is 2. The van der Waals surface area contributed by atoms with Gasteiger partial charge < -0.3 is 10.6 Å². The number of benzene rings is 2. The van der Waals surface area contributed by atoms with Crippen LogP contribution in [0.3, 0.4) is 0 Å². The predicted molar refractivity (Wildman–Crippen MR) is 118 cm³/mol. The predicted octanol–water partition coefficient (Wildman–Crippen LogP) is 3.72. The number of hydrogen-bond donors (Lipinski definition) is 2. The lowest BCUT2D eigenvalue weighted by Crippen LogP contribution is -2.27. The van der Waals surface area contributed by atoms with E-state index >= 15 is 0 Å². The summed E-state index contributed by atoms with van der Waals surface area (Å²) in [6.07, 6.45) is 0. The molecule has 30 heavy (non-hydrogen) atoms. The Bertz CT molecular complexity index is 1150. The van der Waals surface area contributed by atoms with Gasteiger partial charge in [0, 0.05) is 23.7 Å². The minimum atomic E-state index is -0.554. The van der Waals surface area contributed by atoms with Gasteiger partial charge in [-0.05, 0) is 37.3 Å². The van der Waals surface area contributed by atoms with E-state index in [2.05, 4.69) is 10.6 Å². The normalized spacial score (nSPS) is 11.2. The van der Waals surface area contributed by atoms with Crippen LogP contribution in [0.5, 0.6) is 0 Å². The molecule has 0 saturated heterocycles. The average Bonchev–Trinajstić information content (AvgIpc) is 2.91. The Labute approximate surface area is 175 Å². The molecule has 0 aliphatic carbocycles. The number of rotatable bonds is 4. The second-order valence-electron chi connectivity index (χ2n) is 8.18. The lowest BCUT2D eigenvalue weighted by molar-refractivity contribution is -0.123. The van der Waals surface area contributed by atoms with Crippen molar-refractivity contribution in [3.05, 3.63) is 76.2 Å². The molecule has 1 heterocycles. The summed E-state index contributed by atoms with van der Waals surface area (Å²) >= 11 is 0. The van der Waals surface area contributed by atoms with Crippen molar-refractivity contribution in [3.8, 4) is 5.69 Å². The zero-order valence-corrected chi connectivity index (χ0v) is 17.8. The molecule has 0 saturated carbocycles. The van der Waals surface area contributed by atoms with Gasteiger partial charge in [0.15, 0.2) is 0 Å². The molecule has 3 rings (SSSR count). The standard InChI is InChI=1S/C23H26N4O3/c1-15-19(21(29)27(26(15)5)18-12-7-6-8-13-18)25-20(28)16-10-9-11-17(14-16)24-22(30)23(2,3)4/h6-14H,1-5H3,(H,24,30)(H,25,28). The van der Waals surface area contributed by atoms with Gasteiger partial charge in [-0.2, -0.15) is 0 Å². The highest BCUT2D eigenvalue weighted by atomic mass is 16.2. The summed E-state index contributed by atoms with van der Waals surface area (Å²) in [5, 5.41) is 5.54. The van der Waals surface area contributed by atoms with E-state index in [-0.39, 0.29) is 17.2 Å². The smallest absolute Gasteiger partial charge is 0.295 e. The van der Waals surface area contributed by atoms with Crippen molar-refractivity contribution >= 4 is 23.2 Å². The molecule has 2 amide bonds. The number of hydrogen-bond acceptors (Lipinski definition) is 3. The van der Waals surface area contributed by atoms with Gasteiger partial charge in [0.1, 0.15) is 5.69 Å². The van der Waals surface area contributed by atoms with Crippen LogP contribution in [0.15, 0.2) is 59.4 Å². The van der Waals surface area contributed by atoms with Crippen molar-refractivity contribution < 1.29 is 9.59 Å². The second kappa shape index (κ2) is 8.02. The largest absolute Gasteiger partial charge is 0.326 e. The first-order chi connectivity index (χ1) is 14.1. The molecule has 2 aromatic carbocycles. The summed E-state index contributed by atoms with van der Waals surface area (Å²) in [6, 6.07) is 15.9. The molecule has 7 nitrogen and oxygen atoms in total. The summed E-state index contributed by atoms with van der Waals surface area (Å²) in [6.45, 7) is 7.22. The van der Waals surface area contributed by atoms with E-state index in [1.165, 1.54) is 4.68 Å². The molecule has 156 valence electrons. The summed E-state index contributed by atoms with van der Waals surface area (Å²) in [7, 11) is 1.77. The Morgan fingerprint density at radius 2 is 1.60 bits per heavy atom. The number of carbonyl (C=O) groups excluding carboxylic acids is 2. The maximum absolute atomic E-state index is 13.0. The van der Waals surface area contributed by atoms with Crippen molar-refractivity contribution in [1.29, 1.82) is 0 Å². The molecule has 1 aromatic heterocycles. The highest BCUT2D eigenvalue weighted by Crippen LogP contribution is 2.19. The van der Waals surface area contributed by atoms with Crippen LogP contribution in [0, 0.1) is 12.3 Å². The molecule has 0 aliphatic heterocycles. The van der Waals surface area contributed by atoms with Crippen molar-refractivity contribution in [2.24, 2.45) is 12.5 Å². The third-order valence-corrected chi connectivity index (χ3v) is 4.86. The van der Waals surface area contributed by atoms with E-state index in [0.29, 0.717) is 22.6 Å². The van der Waals surface area contributed by atoms with Crippen molar-refractivity contribution in [1.82, 2.24) is 9.36 Å². The van der Waals surface area contributed by atoms with E-state index in [4.69, 9.17) is 0 Å². The zero-order chi connectivity index (χ0) is 22.1. The molecular formula is C23H26N4O3. The van der Waals surface area contributed by atoms with E-state index in [0.717, 1.165) is 0 Å². The van der Waals surface area contributed by atoms with Crippen LogP contribution in [0.2, 0.25) is 0 Å². The van der Waals surface area contributed by atoms with Crippen LogP contribution >= 0.6 is 0 Å². The first kappa shape index (κ1) is 21.1.